The van der Waals surface area contributed by atoms with Crippen molar-refractivity contribution in [1.82, 2.24) is 10.2 Å². The van der Waals surface area contributed by atoms with Crippen molar-refractivity contribution in [2.75, 3.05) is 13.1 Å². The number of hydrogen-bond acceptors (Lipinski definition) is 2. The molecule has 2 unspecified atom stereocenters. The van der Waals surface area contributed by atoms with Crippen LogP contribution < -0.4 is 5.32 Å². The molecule has 1 N–H and O–H groups in total. The summed E-state index contributed by atoms with van der Waals surface area (Å²) in [7, 11) is 0. The van der Waals surface area contributed by atoms with Crippen LogP contribution in [-0.4, -0.2) is 36.0 Å². The van der Waals surface area contributed by atoms with Crippen molar-refractivity contribution in [3.8, 4) is 0 Å². The van der Waals surface area contributed by atoms with E-state index >= 15 is 0 Å². The van der Waals surface area contributed by atoms with Crippen LogP contribution in [0.25, 0.3) is 0 Å². The number of nitrogens with one attached hydrogen (secondary N) is 1. The third-order valence-corrected chi connectivity index (χ3v) is 4.38. The van der Waals surface area contributed by atoms with E-state index in [0.717, 1.165) is 29.5 Å². The summed E-state index contributed by atoms with van der Waals surface area (Å²) in [5.74, 6) is 0.158. The summed E-state index contributed by atoms with van der Waals surface area (Å²) >= 11 is 3.42. The molecule has 5 heteroatoms. The van der Waals surface area contributed by atoms with Crippen molar-refractivity contribution < 1.29 is 4.79 Å². The molecule has 0 saturated carbocycles. The Balaban J connectivity index is 0.00000133. The van der Waals surface area contributed by atoms with Crippen molar-refractivity contribution in [3.05, 3.63) is 34.3 Å². The number of rotatable bonds is 1. The molecule has 104 valence electrons. The van der Waals surface area contributed by atoms with Crippen LogP contribution in [0.1, 0.15) is 29.6 Å². The summed E-state index contributed by atoms with van der Waals surface area (Å²) in [5.41, 5.74) is 0.780. The van der Waals surface area contributed by atoms with Crippen LogP contribution in [-0.2, 0) is 0 Å². The summed E-state index contributed by atoms with van der Waals surface area (Å²) in [6, 6.07) is 8.77. The van der Waals surface area contributed by atoms with Crippen LogP contribution >= 0.6 is 28.3 Å². The number of halogens is 2. The highest BCUT2D eigenvalue weighted by Crippen LogP contribution is 2.22. The molecular formula is C14H18BrClN2O. The van der Waals surface area contributed by atoms with Gasteiger partial charge in [-0.3, -0.25) is 4.79 Å². The number of benzene rings is 1. The summed E-state index contributed by atoms with van der Waals surface area (Å²) in [5, 5.41) is 3.60. The molecule has 0 spiro atoms. The highest BCUT2D eigenvalue weighted by atomic mass is 79.9. The van der Waals surface area contributed by atoms with Crippen molar-refractivity contribution in [2.24, 2.45) is 0 Å². The van der Waals surface area contributed by atoms with Gasteiger partial charge in [0.25, 0.3) is 5.91 Å². The van der Waals surface area contributed by atoms with Crippen LogP contribution in [0.4, 0.5) is 0 Å². The molecule has 0 aliphatic carbocycles. The van der Waals surface area contributed by atoms with Crippen LogP contribution in [0.5, 0.6) is 0 Å². The van der Waals surface area contributed by atoms with E-state index in [2.05, 4.69) is 21.2 Å². The van der Waals surface area contributed by atoms with E-state index in [0.29, 0.717) is 12.1 Å². The lowest BCUT2D eigenvalue weighted by Gasteiger charge is -2.24. The number of amides is 1. The molecule has 3 nitrogen and oxygen atoms in total. The zero-order valence-corrected chi connectivity index (χ0v) is 13.0. The first kappa shape index (κ1) is 14.8. The number of carbonyl (C=O) groups excluding carboxylic acids is 1. The van der Waals surface area contributed by atoms with Crippen molar-refractivity contribution in [1.29, 1.82) is 0 Å². The quantitative estimate of drug-likeness (QED) is 0.849. The molecule has 1 aromatic rings. The molecule has 3 rings (SSSR count). The van der Waals surface area contributed by atoms with E-state index in [1.165, 1.54) is 12.8 Å². The molecule has 0 radical (unpaired) electrons. The van der Waals surface area contributed by atoms with Gasteiger partial charge in [-0.05, 0) is 37.5 Å². The van der Waals surface area contributed by atoms with Gasteiger partial charge in [0.1, 0.15) is 0 Å². The molecule has 2 fully saturated rings. The fourth-order valence-electron chi connectivity index (χ4n) is 2.93. The minimum absolute atomic E-state index is 0. The van der Waals surface area contributed by atoms with Gasteiger partial charge in [0.05, 0.1) is 0 Å². The van der Waals surface area contributed by atoms with Crippen LogP contribution in [0.2, 0.25) is 0 Å². The van der Waals surface area contributed by atoms with E-state index in [4.69, 9.17) is 0 Å². The van der Waals surface area contributed by atoms with Gasteiger partial charge in [0.2, 0.25) is 0 Å². The van der Waals surface area contributed by atoms with Crippen LogP contribution in [0.15, 0.2) is 28.7 Å². The van der Waals surface area contributed by atoms with Gasteiger partial charge >= 0.3 is 0 Å². The smallest absolute Gasteiger partial charge is 0.253 e. The Morgan fingerprint density at radius 3 is 2.84 bits per heavy atom. The lowest BCUT2D eigenvalue weighted by atomic mass is 10.1. The maximum Gasteiger partial charge on any atom is 0.253 e. The fourth-order valence-corrected chi connectivity index (χ4v) is 3.33. The number of hydrogen-bond donors (Lipinski definition) is 1. The topological polar surface area (TPSA) is 32.3 Å². The molecule has 2 atom stereocenters. The second kappa shape index (κ2) is 6.25. The molecular weight excluding hydrogens is 328 g/mol. The predicted molar refractivity (Wildman–Crippen MR) is 81.9 cm³/mol. The van der Waals surface area contributed by atoms with E-state index in [1.54, 1.807) is 0 Å². The SMILES string of the molecule is Cl.O=C(c1cccc(Br)c1)N1CCC2CCC(C1)N2. The van der Waals surface area contributed by atoms with E-state index in [1.807, 2.05) is 29.2 Å². The van der Waals surface area contributed by atoms with E-state index < -0.39 is 0 Å². The Kier molecular flexibility index (Phi) is 4.87. The monoisotopic (exact) mass is 344 g/mol. The Morgan fingerprint density at radius 1 is 1.26 bits per heavy atom. The van der Waals surface area contributed by atoms with Gasteiger partial charge in [0.15, 0.2) is 0 Å². The molecule has 2 saturated heterocycles. The van der Waals surface area contributed by atoms with Crippen molar-refractivity contribution in [2.45, 2.75) is 31.3 Å². The third kappa shape index (κ3) is 3.30. The third-order valence-electron chi connectivity index (χ3n) is 3.88. The molecule has 2 aliphatic rings. The molecule has 0 aromatic heterocycles. The van der Waals surface area contributed by atoms with Gasteiger partial charge in [-0.15, -0.1) is 12.4 Å². The minimum atomic E-state index is 0. The molecule has 2 heterocycles. The lowest BCUT2D eigenvalue weighted by molar-refractivity contribution is 0.0748. The number of carbonyl (C=O) groups is 1. The number of nitrogens with zero attached hydrogens (tertiary/aromatic N) is 1. The maximum atomic E-state index is 12.5. The minimum Gasteiger partial charge on any atom is -0.337 e. The van der Waals surface area contributed by atoms with Gasteiger partial charge in [-0.2, -0.15) is 0 Å². The molecule has 1 amide bonds. The van der Waals surface area contributed by atoms with Gasteiger partial charge in [-0.1, -0.05) is 22.0 Å². The average Bonchev–Trinajstić information content (AvgIpc) is 2.68. The zero-order valence-electron chi connectivity index (χ0n) is 10.6. The van der Waals surface area contributed by atoms with Crippen molar-refractivity contribution in [3.63, 3.8) is 0 Å². The Morgan fingerprint density at radius 2 is 2.05 bits per heavy atom. The predicted octanol–water partition coefficient (Wildman–Crippen LogP) is 2.84. The van der Waals surface area contributed by atoms with Crippen molar-refractivity contribution >= 4 is 34.2 Å². The largest absolute Gasteiger partial charge is 0.337 e. The number of likely N-dealkylation sites (tertiary alicyclic amines) is 1. The molecule has 19 heavy (non-hydrogen) atoms. The normalized spacial score (nSPS) is 25.6. The standard InChI is InChI=1S/C14H17BrN2O.ClH/c15-11-3-1-2-10(8-11)14(18)17-7-6-12-4-5-13(9-17)16-12;/h1-3,8,12-13,16H,4-7,9H2;1H. The lowest BCUT2D eigenvalue weighted by Crippen LogP contribution is -2.39. The maximum absolute atomic E-state index is 12.5. The van der Waals surface area contributed by atoms with Gasteiger partial charge in [-0.25, -0.2) is 0 Å². The zero-order chi connectivity index (χ0) is 12.5. The Bertz CT molecular complexity index is 469. The van der Waals surface area contributed by atoms with E-state index in [9.17, 15) is 4.79 Å². The second-order valence-electron chi connectivity index (χ2n) is 5.19. The first-order valence-electron chi connectivity index (χ1n) is 6.53. The average molecular weight is 346 g/mol. The summed E-state index contributed by atoms with van der Waals surface area (Å²) in [6.45, 7) is 1.72. The molecule has 1 aromatic carbocycles. The first-order chi connectivity index (χ1) is 8.72. The van der Waals surface area contributed by atoms with Gasteiger partial charge in [0, 0.05) is 35.2 Å². The highest BCUT2D eigenvalue weighted by molar-refractivity contribution is 9.10. The summed E-state index contributed by atoms with van der Waals surface area (Å²) in [6.07, 6.45) is 3.55. The van der Waals surface area contributed by atoms with Gasteiger partial charge < -0.3 is 10.2 Å². The highest BCUT2D eigenvalue weighted by Gasteiger charge is 2.31. The fraction of sp³-hybridized carbons (Fsp3) is 0.500. The first-order valence-corrected chi connectivity index (χ1v) is 7.32. The number of fused-ring (bicyclic) bond motifs is 2. The summed E-state index contributed by atoms with van der Waals surface area (Å²) in [4.78, 5) is 14.5. The van der Waals surface area contributed by atoms with Crippen LogP contribution in [0.3, 0.4) is 0 Å². The molecule has 2 bridgehead atoms. The Hall–Kier alpha value is -0.580. The second-order valence-corrected chi connectivity index (χ2v) is 6.10. The summed E-state index contributed by atoms with van der Waals surface area (Å²) < 4.78 is 0.961. The Labute approximate surface area is 128 Å². The van der Waals surface area contributed by atoms with E-state index in [-0.39, 0.29) is 18.3 Å². The molecule has 2 aliphatic heterocycles. The van der Waals surface area contributed by atoms with Crippen LogP contribution in [0, 0.1) is 0 Å².